The van der Waals surface area contributed by atoms with Crippen molar-refractivity contribution >= 4 is 20.0 Å². The first-order valence-corrected chi connectivity index (χ1v) is 17.0. The Balaban J connectivity index is 1.48. The molecule has 0 radical (unpaired) electrons. The summed E-state index contributed by atoms with van der Waals surface area (Å²) in [6, 6.07) is 5.09. The summed E-state index contributed by atoms with van der Waals surface area (Å²) in [6.07, 6.45) is 4.76. The molecule has 2 aromatic heterocycles. The van der Waals surface area contributed by atoms with Gasteiger partial charge in [0, 0.05) is 31.5 Å². The summed E-state index contributed by atoms with van der Waals surface area (Å²) in [7, 11) is -1.89. The number of benzene rings is 1. The fraction of sp³-hybridized carbons (Fsp3) is 0.517. The van der Waals surface area contributed by atoms with E-state index in [2.05, 4.69) is 49.4 Å². The van der Waals surface area contributed by atoms with Gasteiger partial charge in [0.05, 0.1) is 19.3 Å². The third-order valence-corrected chi connectivity index (χ3v) is 12.5. The number of ether oxygens (including phenoxy) is 2. The molecule has 0 spiro atoms. The van der Waals surface area contributed by atoms with Gasteiger partial charge in [0.15, 0.2) is 37.3 Å². The van der Waals surface area contributed by atoms with E-state index in [1.165, 1.54) is 6.07 Å². The molecular formula is C29H39F2N5O5Si. The van der Waals surface area contributed by atoms with E-state index in [4.69, 9.17) is 13.9 Å². The fourth-order valence-electron chi connectivity index (χ4n) is 4.38. The molecule has 4 rings (SSSR count). The summed E-state index contributed by atoms with van der Waals surface area (Å²) in [5, 5.41) is 11.5. The van der Waals surface area contributed by atoms with Crippen LogP contribution in [0.2, 0.25) is 18.1 Å². The predicted molar refractivity (Wildman–Crippen MR) is 156 cm³/mol. The van der Waals surface area contributed by atoms with Crippen LogP contribution in [0.5, 0.6) is 11.5 Å². The van der Waals surface area contributed by atoms with Crippen LogP contribution in [0.4, 0.5) is 14.6 Å². The Hall–Kier alpha value is -3.42. The lowest BCUT2D eigenvalue weighted by atomic mass is 9.92. The van der Waals surface area contributed by atoms with Gasteiger partial charge in [-0.15, -0.1) is 0 Å². The molecule has 1 aliphatic heterocycles. The van der Waals surface area contributed by atoms with Crippen LogP contribution in [0.1, 0.15) is 46.1 Å². The van der Waals surface area contributed by atoms with Crippen LogP contribution in [0.15, 0.2) is 47.5 Å². The normalized spacial score (nSPS) is 15.4. The van der Waals surface area contributed by atoms with Crippen LogP contribution in [0, 0.1) is 17.6 Å². The van der Waals surface area contributed by atoms with Crippen molar-refractivity contribution in [2.24, 2.45) is 5.92 Å². The smallest absolute Gasteiger partial charge is 0.271 e. The van der Waals surface area contributed by atoms with Crippen molar-refractivity contribution in [3.05, 3.63) is 64.7 Å². The molecule has 3 heterocycles. The van der Waals surface area contributed by atoms with Gasteiger partial charge in [-0.2, -0.15) is 10.2 Å². The van der Waals surface area contributed by atoms with Crippen LogP contribution >= 0.6 is 0 Å². The molecule has 1 fully saturated rings. The minimum atomic E-state index is -1.89. The van der Waals surface area contributed by atoms with Gasteiger partial charge >= 0.3 is 0 Å². The first-order chi connectivity index (χ1) is 19.8. The van der Waals surface area contributed by atoms with E-state index in [-0.39, 0.29) is 16.7 Å². The standard InChI is InChI=1S/C29H39F2N5O5Si/c1-29(2,3)42(4,5)40-16-13-35-12-9-25(34-35)33-28(38)24(17-20-10-14-39-15-11-20)36-26(37)18-21(19-32-36)41-27-22(30)7-6-8-23(27)31/h6-9,12,18-20,24H,10-11,13-17H2,1-5H3,(H,33,34,38). The first kappa shape index (κ1) is 31.5. The first-order valence-electron chi connectivity index (χ1n) is 14.1. The Kier molecular flexibility index (Phi) is 9.95. The quantitative estimate of drug-likeness (QED) is 0.287. The molecule has 0 bridgehead atoms. The van der Waals surface area contributed by atoms with Crippen LogP contribution in [-0.2, 0) is 20.5 Å². The van der Waals surface area contributed by atoms with Crippen LogP contribution in [-0.4, -0.2) is 53.6 Å². The summed E-state index contributed by atoms with van der Waals surface area (Å²) in [5.41, 5.74) is -0.648. The number of carbonyl (C=O) groups is 1. The zero-order valence-electron chi connectivity index (χ0n) is 24.7. The van der Waals surface area contributed by atoms with Gasteiger partial charge in [-0.3, -0.25) is 14.3 Å². The molecule has 0 aliphatic carbocycles. The molecule has 1 aromatic carbocycles. The van der Waals surface area contributed by atoms with Crippen molar-refractivity contribution in [1.82, 2.24) is 19.6 Å². The number of aromatic nitrogens is 4. The van der Waals surface area contributed by atoms with Crippen LogP contribution in [0.3, 0.4) is 0 Å². The molecule has 10 nitrogen and oxygen atoms in total. The second-order valence-electron chi connectivity index (χ2n) is 12.0. The average Bonchev–Trinajstić information content (AvgIpc) is 3.36. The van der Waals surface area contributed by atoms with Crippen LogP contribution < -0.4 is 15.6 Å². The van der Waals surface area contributed by atoms with Gasteiger partial charge in [-0.1, -0.05) is 26.8 Å². The number of nitrogens with one attached hydrogen (secondary N) is 1. The monoisotopic (exact) mass is 603 g/mol. The van der Waals surface area contributed by atoms with Crippen LogP contribution in [0.25, 0.3) is 0 Å². The fourth-order valence-corrected chi connectivity index (χ4v) is 5.41. The summed E-state index contributed by atoms with van der Waals surface area (Å²) < 4.78 is 47.8. The highest BCUT2D eigenvalue weighted by Gasteiger charge is 2.37. The van der Waals surface area contributed by atoms with E-state index < -0.39 is 43.2 Å². The second kappa shape index (κ2) is 13.3. The number of nitrogens with zero attached hydrogens (tertiary/aromatic N) is 4. The molecule has 1 aliphatic rings. The summed E-state index contributed by atoms with van der Waals surface area (Å²) in [5.74, 6) is -2.59. The summed E-state index contributed by atoms with van der Waals surface area (Å²) >= 11 is 0. The van der Waals surface area contributed by atoms with Gasteiger partial charge in [-0.25, -0.2) is 13.5 Å². The average molecular weight is 604 g/mol. The van der Waals surface area contributed by atoms with E-state index in [0.717, 1.165) is 41.9 Å². The number of anilines is 1. The van der Waals surface area contributed by atoms with Crippen molar-refractivity contribution in [2.45, 2.75) is 70.8 Å². The molecule has 42 heavy (non-hydrogen) atoms. The molecule has 228 valence electrons. The third-order valence-electron chi connectivity index (χ3n) is 7.92. The van der Waals surface area contributed by atoms with Gasteiger partial charge in [-0.05, 0) is 55.4 Å². The Morgan fingerprint density at radius 2 is 1.88 bits per heavy atom. The molecular weight excluding hydrogens is 564 g/mol. The number of amides is 1. The zero-order valence-corrected chi connectivity index (χ0v) is 25.7. The molecule has 1 amide bonds. The number of rotatable bonds is 11. The Bertz CT molecular complexity index is 1410. The van der Waals surface area contributed by atoms with Crippen molar-refractivity contribution in [1.29, 1.82) is 0 Å². The maximum Gasteiger partial charge on any atom is 0.271 e. The van der Waals surface area contributed by atoms with E-state index >= 15 is 0 Å². The van der Waals surface area contributed by atoms with Crippen molar-refractivity contribution < 1.29 is 27.5 Å². The summed E-state index contributed by atoms with van der Waals surface area (Å²) in [6.45, 7) is 13.1. The molecule has 1 unspecified atom stereocenters. The molecule has 1 N–H and O–H groups in total. The third kappa shape index (κ3) is 7.89. The molecule has 13 heteroatoms. The zero-order chi connectivity index (χ0) is 30.5. The largest absolute Gasteiger partial charge is 0.449 e. The second-order valence-corrected chi connectivity index (χ2v) is 16.8. The van der Waals surface area contributed by atoms with Gasteiger partial charge in [0.2, 0.25) is 0 Å². The lowest BCUT2D eigenvalue weighted by Gasteiger charge is -2.36. The van der Waals surface area contributed by atoms with Crippen molar-refractivity contribution in [2.75, 3.05) is 25.1 Å². The lowest BCUT2D eigenvalue weighted by molar-refractivity contribution is -0.120. The Morgan fingerprint density at radius 1 is 1.19 bits per heavy atom. The molecule has 1 atom stereocenters. The topological polar surface area (TPSA) is 110 Å². The van der Waals surface area contributed by atoms with Gasteiger partial charge in [0.1, 0.15) is 6.04 Å². The highest BCUT2D eigenvalue weighted by Crippen LogP contribution is 2.36. The molecule has 1 saturated heterocycles. The molecule has 0 saturated carbocycles. The van der Waals surface area contributed by atoms with E-state index in [1.807, 2.05) is 0 Å². The Labute approximate surface area is 245 Å². The molecule has 3 aromatic rings. The van der Waals surface area contributed by atoms with Crippen molar-refractivity contribution in [3.8, 4) is 11.5 Å². The van der Waals surface area contributed by atoms with Gasteiger partial charge < -0.3 is 19.2 Å². The maximum absolute atomic E-state index is 14.0. The van der Waals surface area contributed by atoms with E-state index in [9.17, 15) is 18.4 Å². The minimum Gasteiger partial charge on any atom is -0.449 e. The highest BCUT2D eigenvalue weighted by atomic mass is 28.4. The number of carbonyl (C=O) groups excluding carboxylic acids is 1. The number of hydrogen-bond acceptors (Lipinski definition) is 7. The highest BCUT2D eigenvalue weighted by molar-refractivity contribution is 6.74. The SMILES string of the molecule is CC(C)(C)[Si](C)(C)OCCn1ccc(NC(=O)C(CC2CCOCC2)n2ncc(Oc3c(F)cccc3F)cc2=O)n1. The van der Waals surface area contributed by atoms with Crippen molar-refractivity contribution in [3.63, 3.8) is 0 Å². The predicted octanol–water partition coefficient (Wildman–Crippen LogP) is 5.53. The lowest BCUT2D eigenvalue weighted by Crippen LogP contribution is -2.41. The number of hydrogen-bond donors (Lipinski definition) is 1. The number of halogens is 2. The number of para-hydroxylation sites is 1. The summed E-state index contributed by atoms with van der Waals surface area (Å²) in [4.78, 5) is 26.6. The van der Waals surface area contributed by atoms with E-state index in [1.54, 1.807) is 16.9 Å². The maximum atomic E-state index is 14.0. The van der Waals surface area contributed by atoms with E-state index in [0.29, 0.717) is 38.6 Å². The minimum absolute atomic E-state index is 0.0973. The van der Waals surface area contributed by atoms with Gasteiger partial charge in [0.25, 0.3) is 11.5 Å². The Morgan fingerprint density at radius 3 is 2.52 bits per heavy atom.